The topological polar surface area (TPSA) is 80.5 Å². The van der Waals surface area contributed by atoms with Crippen LogP contribution in [0.2, 0.25) is 0 Å². The predicted molar refractivity (Wildman–Crippen MR) is 131 cm³/mol. The molecule has 0 radical (unpaired) electrons. The number of aryl methyl sites for hydroxylation is 1. The van der Waals surface area contributed by atoms with Crippen LogP contribution in [0.3, 0.4) is 0 Å². The standard InChI is InChI=1S/C26H23N5O2S/c1-3-18-12-14-20(15-13-18)34(32,33)26-25-27-24(21-9-5-7-11-23(21)31(25)29-28-26)30-17(2)16-19-8-4-6-10-22(19)30/h4-15,17H,3,16H2,1-2H3. The first-order valence-corrected chi connectivity index (χ1v) is 12.8. The molecule has 3 heterocycles. The average Bonchev–Trinajstić information content (AvgIpc) is 3.44. The van der Waals surface area contributed by atoms with Gasteiger partial charge in [-0.25, -0.2) is 13.4 Å². The largest absolute Gasteiger partial charge is 0.322 e. The van der Waals surface area contributed by atoms with Crippen LogP contribution >= 0.6 is 0 Å². The Morgan fingerprint density at radius 2 is 1.71 bits per heavy atom. The van der Waals surface area contributed by atoms with E-state index < -0.39 is 9.84 Å². The van der Waals surface area contributed by atoms with Gasteiger partial charge in [-0.15, -0.1) is 5.10 Å². The predicted octanol–water partition coefficient (Wildman–Crippen LogP) is 4.76. The van der Waals surface area contributed by atoms with Gasteiger partial charge in [0.2, 0.25) is 14.9 Å². The molecule has 34 heavy (non-hydrogen) atoms. The minimum Gasteiger partial charge on any atom is -0.322 e. The van der Waals surface area contributed by atoms with Gasteiger partial charge in [-0.2, -0.15) is 4.52 Å². The first-order valence-electron chi connectivity index (χ1n) is 11.3. The van der Waals surface area contributed by atoms with Crippen molar-refractivity contribution in [3.8, 4) is 0 Å². The highest BCUT2D eigenvalue weighted by Gasteiger charge is 2.32. The van der Waals surface area contributed by atoms with Crippen molar-refractivity contribution in [1.29, 1.82) is 0 Å². The van der Waals surface area contributed by atoms with Crippen LogP contribution in [0, 0.1) is 0 Å². The summed E-state index contributed by atoms with van der Waals surface area (Å²) in [6, 6.07) is 23.1. The van der Waals surface area contributed by atoms with Crippen molar-refractivity contribution in [3.63, 3.8) is 0 Å². The summed E-state index contributed by atoms with van der Waals surface area (Å²) >= 11 is 0. The summed E-state index contributed by atoms with van der Waals surface area (Å²) in [6.07, 6.45) is 1.73. The number of rotatable bonds is 4. The molecule has 6 rings (SSSR count). The van der Waals surface area contributed by atoms with E-state index in [-0.39, 0.29) is 21.6 Å². The third-order valence-corrected chi connectivity index (χ3v) is 8.20. The van der Waals surface area contributed by atoms with E-state index >= 15 is 0 Å². The van der Waals surface area contributed by atoms with Gasteiger partial charge in [0.25, 0.3) is 0 Å². The summed E-state index contributed by atoms with van der Waals surface area (Å²) in [5.41, 5.74) is 4.39. The SMILES string of the molecule is CCc1ccc(S(=O)(=O)c2nnn3c2nc(N2c4ccccc4CC2C)c2ccccc23)cc1. The summed E-state index contributed by atoms with van der Waals surface area (Å²) in [5.74, 6) is 0.709. The first-order chi connectivity index (χ1) is 16.5. The van der Waals surface area contributed by atoms with Gasteiger partial charge < -0.3 is 4.90 Å². The number of anilines is 2. The molecule has 1 unspecified atom stereocenters. The van der Waals surface area contributed by atoms with Crippen molar-refractivity contribution in [3.05, 3.63) is 83.9 Å². The lowest BCUT2D eigenvalue weighted by molar-refractivity contribution is 0.592. The smallest absolute Gasteiger partial charge is 0.229 e. The molecule has 1 aliphatic rings. The van der Waals surface area contributed by atoms with Crippen molar-refractivity contribution < 1.29 is 8.42 Å². The van der Waals surface area contributed by atoms with Crippen molar-refractivity contribution >= 4 is 37.9 Å². The molecule has 0 N–H and O–H groups in total. The molecule has 2 aromatic heterocycles. The van der Waals surface area contributed by atoms with Crippen LogP contribution < -0.4 is 4.90 Å². The monoisotopic (exact) mass is 469 g/mol. The van der Waals surface area contributed by atoms with Gasteiger partial charge in [0.1, 0.15) is 5.82 Å². The molecular weight excluding hydrogens is 446 g/mol. The zero-order valence-electron chi connectivity index (χ0n) is 18.9. The Balaban J connectivity index is 1.61. The Kier molecular flexibility index (Phi) is 4.67. The Morgan fingerprint density at radius 3 is 2.50 bits per heavy atom. The van der Waals surface area contributed by atoms with E-state index in [1.807, 2.05) is 55.5 Å². The van der Waals surface area contributed by atoms with E-state index in [2.05, 4.69) is 34.3 Å². The fourth-order valence-electron chi connectivity index (χ4n) is 4.79. The summed E-state index contributed by atoms with van der Waals surface area (Å²) in [6.45, 7) is 4.19. The molecule has 0 amide bonds. The second kappa shape index (κ2) is 7.63. The van der Waals surface area contributed by atoms with Gasteiger partial charge in [0, 0.05) is 17.1 Å². The molecule has 0 aliphatic carbocycles. The molecule has 1 atom stereocenters. The van der Waals surface area contributed by atoms with Crippen molar-refractivity contribution in [1.82, 2.24) is 19.8 Å². The van der Waals surface area contributed by atoms with Crippen LogP contribution in [0.5, 0.6) is 0 Å². The quantitative estimate of drug-likeness (QED) is 0.378. The van der Waals surface area contributed by atoms with Crippen LogP contribution in [0.15, 0.2) is 82.7 Å². The number of fused-ring (bicyclic) bond motifs is 4. The van der Waals surface area contributed by atoms with Crippen molar-refractivity contribution in [2.75, 3.05) is 4.90 Å². The molecule has 170 valence electrons. The second-order valence-corrected chi connectivity index (χ2v) is 10.5. The minimum absolute atomic E-state index is 0.135. The number of sulfone groups is 1. The number of hydrogen-bond acceptors (Lipinski definition) is 6. The third kappa shape index (κ3) is 3.02. The van der Waals surface area contributed by atoms with Crippen molar-refractivity contribution in [2.45, 2.75) is 42.7 Å². The zero-order valence-corrected chi connectivity index (χ0v) is 19.7. The van der Waals surface area contributed by atoms with Gasteiger partial charge in [0.05, 0.1) is 10.4 Å². The lowest BCUT2D eigenvalue weighted by Crippen LogP contribution is -2.25. The van der Waals surface area contributed by atoms with Crippen LogP contribution in [0.1, 0.15) is 25.0 Å². The molecule has 3 aromatic carbocycles. The molecule has 5 aromatic rings. The van der Waals surface area contributed by atoms with E-state index in [1.54, 1.807) is 12.1 Å². The molecule has 8 heteroatoms. The molecule has 1 aliphatic heterocycles. The highest BCUT2D eigenvalue weighted by molar-refractivity contribution is 7.91. The second-order valence-electron chi connectivity index (χ2n) is 8.64. The molecule has 0 spiro atoms. The third-order valence-electron chi connectivity index (χ3n) is 6.53. The normalized spacial score (nSPS) is 15.8. The van der Waals surface area contributed by atoms with Gasteiger partial charge in [-0.1, -0.05) is 54.6 Å². The molecular formula is C26H23N5O2S. The number of aromatic nitrogens is 4. The first kappa shape index (κ1) is 20.8. The Morgan fingerprint density at radius 1 is 0.971 bits per heavy atom. The molecule has 0 fully saturated rings. The maximum absolute atomic E-state index is 13.6. The summed E-state index contributed by atoms with van der Waals surface area (Å²) in [7, 11) is -3.91. The van der Waals surface area contributed by atoms with E-state index in [9.17, 15) is 8.42 Å². The summed E-state index contributed by atoms with van der Waals surface area (Å²) in [4.78, 5) is 7.28. The zero-order chi connectivity index (χ0) is 23.4. The minimum atomic E-state index is -3.91. The van der Waals surface area contributed by atoms with Crippen LogP contribution in [-0.2, 0) is 22.7 Å². The fourth-order valence-corrected chi connectivity index (χ4v) is 6.02. The van der Waals surface area contributed by atoms with Gasteiger partial charge in [-0.3, -0.25) is 0 Å². The Bertz CT molecular complexity index is 1660. The summed E-state index contributed by atoms with van der Waals surface area (Å²) < 4.78 is 28.7. The van der Waals surface area contributed by atoms with E-state index in [0.29, 0.717) is 5.82 Å². The van der Waals surface area contributed by atoms with E-state index in [0.717, 1.165) is 35.0 Å². The number of benzene rings is 3. The van der Waals surface area contributed by atoms with Gasteiger partial charge in [0.15, 0.2) is 5.65 Å². The maximum atomic E-state index is 13.6. The molecule has 0 saturated carbocycles. The summed E-state index contributed by atoms with van der Waals surface area (Å²) in [5, 5.41) is 9.07. The van der Waals surface area contributed by atoms with E-state index in [4.69, 9.17) is 4.98 Å². The van der Waals surface area contributed by atoms with Crippen molar-refractivity contribution in [2.24, 2.45) is 0 Å². The lowest BCUT2D eigenvalue weighted by atomic mass is 10.1. The number of hydrogen-bond donors (Lipinski definition) is 0. The maximum Gasteiger partial charge on any atom is 0.229 e. The van der Waals surface area contributed by atoms with Gasteiger partial charge in [-0.05, 0) is 61.2 Å². The van der Waals surface area contributed by atoms with Crippen LogP contribution in [0.25, 0.3) is 16.6 Å². The molecule has 7 nitrogen and oxygen atoms in total. The van der Waals surface area contributed by atoms with Gasteiger partial charge >= 0.3 is 0 Å². The molecule has 0 saturated heterocycles. The Hall–Kier alpha value is -3.78. The Labute approximate surface area is 197 Å². The number of nitrogens with zero attached hydrogens (tertiary/aromatic N) is 5. The fraction of sp³-hybridized carbons (Fsp3) is 0.192. The van der Waals surface area contributed by atoms with Crippen LogP contribution in [0.4, 0.5) is 11.5 Å². The molecule has 0 bridgehead atoms. The van der Waals surface area contributed by atoms with E-state index in [1.165, 1.54) is 10.1 Å². The lowest BCUT2D eigenvalue weighted by Gasteiger charge is -2.25. The average molecular weight is 470 g/mol. The van der Waals surface area contributed by atoms with Crippen LogP contribution in [-0.4, -0.2) is 34.3 Å². The highest BCUT2D eigenvalue weighted by Crippen LogP contribution is 2.40. The number of para-hydroxylation sites is 2. The highest BCUT2D eigenvalue weighted by atomic mass is 32.2.